The van der Waals surface area contributed by atoms with Crippen LogP contribution in [0.15, 0.2) is 12.1 Å². The van der Waals surface area contributed by atoms with E-state index in [2.05, 4.69) is 5.32 Å². The summed E-state index contributed by atoms with van der Waals surface area (Å²) in [5, 5.41) is 3.26. The van der Waals surface area contributed by atoms with Gasteiger partial charge in [-0.05, 0) is 24.6 Å². The molecule has 3 rings (SSSR count). The van der Waals surface area contributed by atoms with Gasteiger partial charge in [0, 0.05) is 18.7 Å². The lowest BCUT2D eigenvalue weighted by atomic mass is 10.0. The van der Waals surface area contributed by atoms with E-state index >= 15 is 0 Å². The van der Waals surface area contributed by atoms with Crippen LogP contribution in [-0.4, -0.2) is 26.5 Å². The minimum Gasteiger partial charge on any atom is -0.454 e. The normalized spacial score (nSPS) is 24.0. The highest BCUT2D eigenvalue weighted by atomic mass is 19.1. The highest BCUT2D eigenvalue weighted by Crippen LogP contribution is 2.42. The van der Waals surface area contributed by atoms with Gasteiger partial charge >= 0.3 is 0 Å². The van der Waals surface area contributed by atoms with Crippen molar-refractivity contribution in [1.82, 2.24) is 5.32 Å². The Morgan fingerprint density at radius 3 is 3.00 bits per heavy atom. The lowest BCUT2D eigenvalue weighted by Gasteiger charge is -2.25. The standard InChI is InChI=1S/C13H16FNO3/c1-8(14)9-4-10(12-6-15-2-3-16-12)13-11(5-9)17-7-18-13/h4-5,8,12,15H,2-3,6-7H2,1H3. The van der Waals surface area contributed by atoms with E-state index in [0.717, 1.165) is 12.1 Å². The number of fused-ring (bicyclic) bond motifs is 1. The lowest BCUT2D eigenvalue weighted by Crippen LogP contribution is -2.33. The Labute approximate surface area is 105 Å². The molecule has 1 aromatic rings. The molecule has 4 nitrogen and oxygen atoms in total. The fourth-order valence-electron chi connectivity index (χ4n) is 2.29. The van der Waals surface area contributed by atoms with Crippen molar-refractivity contribution in [3.05, 3.63) is 23.3 Å². The average molecular weight is 253 g/mol. The Hall–Kier alpha value is -1.33. The Morgan fingerprint density at radius 2 is 2.28 bits per heavy atom. The quantitative estimate of drug-likeness (QED) is 0.876. The molecule has 2 aliphatic heterocycles. The molecule has 0 spiro atoms. The first-order chi connectivity index (χ1) is 8.75. The van der Waals surface area contributed by atoms with Crippen molar-refractivity contribution in [2.24, 2.45) is 0 Å². The SMILES string of the molecule is CC(F)c1cc2c(c(C3CNCCO3)c1)OCO2. The van der Waals surface area contributed by atoms with E-state index in [0.29, 0.717) is 30.2 Å². The van der Waals surface area contributed by atoms with Crippen molar-refractivity contribution in [3.63, 3.8) is 0 Å². The summed E-state index contributed by atoms with van der Waals surface area (Å²) in [4.78, 5) is 0. The van der Waals surface area contributed by atoms with Crippen LogP contribution in [-0.2, 0) is 4.74 Å². The number of nitrogens with one attached hydrogen (secondary N) is 1. The van der Waals surface area contributed by atoms with Crippen LogP contribution in [0, 0.1) is 0 Å². The molecule has 2 heterocycles. The first-order valence-electron chi connectivity index (χ1n) is 6.15. The van der Waals surface area contributed by atoms with Crippen LogP contribution in [0.25, 0.3) is 0 Å². The van der Waals surface area contributed by atoms with Gasteiger partial charge in [-0.3, -0.25) is 0 Å². The van der Waals surface area contributed by atoms with Crippen molar-refractivity contribution in [2.75, 3.05) is 26.5 Å². The molecule has 0 bridgehead atoms. The fourth-order valence-corrected chi connectivity index (χ4v) is 2.29. The number of alkyl halides is 1. The minimum atomic E-state index is -1.03. The summed E-state index contributed by atoms with van der Waals surface area (Å²) in [7, 11) is 0. The number of ether oxygens (including phenoxy) is 3. The van der Waals surface area contributed by atoms with Gasteiger partial charge in [0.1, 0.15) is 6.17 Å². The summed E-state index contributed by atoms with van der Waals surface area (Å²) in [6.45, 7) is 3.90. The second-order valence-corrected chi connectivity index (χ2v) is 4.52. The second kappa shape index (κ2) is 4.74. The van der Waals surface area contributed by atoms with E-state index in [1.54, 1.807) is 6.07 Å². The van der Waals surface area contributed by atoms with E-state index in [4.69, 9.17) is 14.2 Å². The first-order valence-corrected chi connectivity index (χ1v) is 6.15. The summed E-state index contributed by atoms with van der Waals surface area (Å²) in [6, 6.07) is 3.52. The lowest BCUT2D eigenvalue weighted by molar-refractivity contribution is 0.0259. The van der Waals surface area contributed by atoms with Gasteiger partial charge in [0.2, 0.25) is 6.79 Å². The third kappa shape index (κ3) is 2.04. The van der Waals surface area contributed by atoms with Crippen LogP contribution in [0.5, 0.6) is 11.5 Å². The third-order valence-corrected chi connectivity index (χ3v) is 3.26. The summed E-state index contributed by atoms with van der Waals surface area (Å²) < 4.78 is 30.0. The zero-order valence-electron chi connectivity index (χ0n) is 10.2. The topological polar surface area (TPSA) is 39.7 Å². The Balaban J connectivity index is 2.00. The van der Waals surface area contributed by atoms with Gasteiger partial charge in [0.05, 0.1) is 12.7 Å². The van der Waals surface area contributed by atoms with Gasteiger partial charge in [-0.25, -0.2) is 4.39 Å². The van der Waals surface area contributed by atoms with Crippen LogP contribution in [0.3, 0.4) is 0 Å². The molecule has 0 radical (unpaired) electrons. The Morgan fingerprint density at radius 1 is 1.39 bits per heavy atom. The molecule has 18 heavy (non-hydrogen) atoms. The molecule has 2 atom stereocenters. The van der Waals surface area contributed by atoms with Gasteiger partial charge in [-0.1, -0.05) is 0 Å². The monoisotopic (exact) mass is 253 g/mol. The molecule has 0 saturated carbocycles. The zero-order valence-corrected chi connectivity index (χ0v) is 10.2. The third-order valence-electron chi connectivity index (χ3n) is 3.26. The van der Waals surface area contributed by atoms with Crippen LogP contribution in [0.4, 0.5) is 4.39 Å². The number of benzene rings is 1. The van der Waals surface area contributed by atoms with E-state index in [1.165, 1.54) is 6.92 Å². The molecule has 2 unspecified atom stereocenters. The summed E-state index contributed by atoms with van der Waals surface area (Å²) in [5.41, 5.74) is 1.47. The molecule has 0 aromatic heterocycles. The van der Waals surface area contributed by atoms with E-state index in [-0.39, 0.29) is 12.9 Å². The molecule has 1 saturated heterocycles. The van der Waals surface area contributed by atoms with E-state index < -0.39 is 6.17 Å². The molecular weight excluding hydrogens is 237 g/mol. The molecule has 2 aliphatic rings. The van der Waals surface area contributed by atoms with Gasteiger partial charge in [0.25, 0.3) is 0 Å². The fraction of sp³-hybridized carbons (Fsp3) is 0.538. The van der Waals surface area contributed by atoms with Crippen molar-refractivity contribution < 1.29 is 18.6 Å². The number of hydrogen-bond donors (Lipinski definition) is 1. The molecule has 1 fully saturated rings. The number of hydrogen-bond acceptors (Lipinski definition) is 4. The summed E-state index contributed by atoms with van der Waals surface area (Å²) in [5.74, 6) is 1.30. The molecule has 0 aliphatic carbocycles. The molecule has 1 aromatic carbocycles. The van der Waals surface area contributed by atoms with E-state index in [9.17, 15) is 4.39 Å². The number of halogens is 1. The van der Waals surface area contributed by atoms with Gasteiger partial charge in [-0.2, -0.15) is 0 Å². The molecule has 5 heteroatoms. The highest BCUT2D eigenvalue weighted by molar-refractivity contribution is 5.52. The minimum absolute atomic E-state index is 0.104. The maximum Gasteiger partial charge on any atom is 0.231 e. The number of rotatable bonds is 2. The zero-order chi connectivity index (χ0) is 12.5. The maximum atomic E-state index is 13.5. The first kappa shape index (κ1) is 11.7. The van der Waals surface area contributed by atoms with Gasteiger partial charge < -0.3 is 19.5 Å². The average Bonchev–Trinajstić information content (AvgIpc) is 2.86. The Bertz CT molecular complexity index is 444. The van der Waals surface area contributed by atoms with Crippen LogP contribution in [0.1, 0.15) is 30.3 Å². The predicted octanol–water partition coefficient (Wildman–Crippen LogP) is 2.11. The summed E-state index contributed by atoms with van der Waals surface area (Å²) >= 11 is 0. The Kier molecular flexibility index (Phi) is 3.09. The van der Waals surface area contributed by atoms with Crippen LogP contribution >= 0.6 is 0 Å². The van der Waals surface area contributed by atoms with Crippen molar-refractivity contribution >= 4 is 0 Å². The van der Waals surface area contributed by atoms with Crippen LogP contribution < -0.4 is 14.8 Å². The molecule has 1 N–H and O–H groups in total. The van der Waals surface area contributed by atoms with E-state index in [1.807, 2.05) is 6.07 Å². The maximum absolute atomic E-state index is 13.5. The second-order valence-electron chi connectivity index (χ2n) is 4.52. The highest BCUT2D eigenvalue weighted by Gasteiger charge is 2.27. The molecule has 0 amide bonds. The largest absolute Gasteiger partial charge is 0.454 e. The molecular formula is C13H16FNO3. The van der Waals surface area contributed by atoms with Crippen molar-refractivity contribution in [2.45, 2.75) is 19.2 Å². The predicted molar refractivity (Wildman–Crippen MR) is 63.7 cm³/mol. The van der Waals surface area contributed by atoms with Gasteiger partial charge in [0.15, 0.2) is 11.5 Å². The molecule has 98 valence electrons. The smallest absolute Gasteiger partial charge is 0.231 e. The van der Waals surface area contributed by atoms with Crippen LogP contribution in [0.2, 0.25) is 0 Å². The van der Waals surface area contributed by atoms with Crippen molar-refractivity contribution in [3.8, 4) is 11.5 Å². The number of morpholine rings is 1. The van der Waals surface area contributed by atoms with Crippen molar-refractivity contribution in [1.29, 1.82) is 0 Å². The van der Waals surface area contributed by atoms with Gasteiger partial charge in [-0.15, -0.1) is 0 Å². The summed E-state index contributed by atoms with van der Waals surface area (Å²) in [6.07, 6.45) is -1.14.